The van der Waals surface area contributed by atoms with Crippen molar-refractivity contribution in [1.29, 1.82) is 0 Å². The summed E-state index contributed by atoms with van der Waals surface area (Å²) in [6.07, 6.45) is 0. The topological polar surface area (TPSA) is 85.2 Å². The van der Waals surface area contributed by atoms with Gasteiger partial charge in [0, 0.05) is 4.90 Å². The van der Waals surface area contributed by atoms with Gasteiger partial charge in [0.2, 0.25) is 5.89 Å². The predicted octanol–water partition coefficient (Wildman–Crippen LogP) is 2.01. The molecule has 0 spiro atoms. The van der Waals surface area contributed by atoms with E-state index in [4.69, 9.17) is 27.0 Å². The summed E-state index contributed by atoms with van der Waals surface area (Å²) in [7, 11) is 0. The van der Waals surface area contributed by atoms with E-state index in [0.29, 0.717) is 16.6 Å². The zero-order valence-electron chi connectivity index (χ0n) is 9.41. The van der Waals surface area contributed by atoms with Crippen LogP contribution in [0.4, 0.5) is 0 Å². The summed E-state index contributed by atoms with van der Waals surface area (Å²) in [5.41, 5.74) is 5.56. The van der Waals surface area contributed by atoms with Crippen molar-refractivity contribution in [1.82, 2.24) is 10.1 Å². The minimum absolute atomic E-state index is 0.223. The summed E-state index contributed by atoms with van der Waals surface area (Å²) in [5.74, 6) is 1.30. The molecule has 0 aliphatic rings. The normalized spacial score (nSPS) is 12.6. The van der Waals surface area contributed by atoms with Crippen LogP contribution in [-0.2, 0) is 5.75 Å². The molecule has 1 aromatic heterocycles. The molecule has 0 radical (unpaired) electrons. The Morgan fingerprint density at radius 1 is 1.44 bits per heavy atom. The molecule has 2 rings (SSSR count). The van der Waals surface area contributed by atoms with Crippen LogP contribution in [0.15, 0.2) is 33.7 Å². The molecule has 1 atom stereocenters. The van der Waals surface area contributed by atoms with Gasteiger partial charge >= 0.3 is 0 Å². The third-order valence-corrected chi connectivity index (χ3v) is 3.70. The van der Waals surface area contributed by atoms with E-state index in [1.807, 2.05) is 24.3 Å². The van der Waals surface area contributed by atoms with Crippen LogP contribution in [0.3, 0.4) is 0 Å². The Labute approximate surface area is 113 Å². The number of halogens is 1. The molecule has 0 amide bonds. The maximum absolute atomic E-state index is 8.87. The molecule has 0 aliphatic heterocycles. The number of aliphatic hydroxyl groups is 1. The lowest BCUT2D eigenvalue weighted by Gasteiger charge is -2.00. The highest BCUT2D eigenvalue weighted by molar-refractivity contribution is 7.98. The molecule has 96 valence electrons. The van der Waals surface area contributed by atoms with Crippen molar-refractivity contribution in [3.63, 3.8) is 0 Å². The highest BCUT2D eigenvalue weighted by atomic mass is 35.5. The third-order valence-electron chi connectivity index (χ3n) is 2.19. The van der Waals surface area contributed by atoms with Crippen molar-refractivity contribution in [2.45, 2.75) is 16.7 Å². The van der Waals surface area contributed by atoms with Crippen molar-refractivity contribution in [3.8, 4) is 0 Å². The van der Waals surface area contributed by atoms with Gasteiger partial charge in [0.25, 0.3) is 0 Å². The van der Waals surface area contributed by atoms with Crippen LogP contribution >= 0.6 is 23.4 Å². The summed E-state index contributed by atoms with van der Waals surface area (Å²) in [5, 5.41) is 13.3. The van der Waals surface area contributed by atoms with Crippen molar-refractivity contribution in [2.75, 3.05) is 6.61 Å². The molecule has 1 heterocycles. The van der Waals surface area contributed by atoms with E-state index in [-0.39, 0.29) is 12.5 Å². The molecule has 5 nitrogen and oxygen atoms in total. The number of aromatic nitrogens is 2. The Balaban J connectivity index is 1.98. The molecule has 2 aromatic rings. The maximum Gasteiger partial charge on any atom is 0.245 e. The second kappa shape index (κ2) is 6.19. The van der Waals surface area contributed by atoms with Gasteiger partial charge < -0.3 is 15.4 Å². The first-order valence-electron chi connectivity index (χ1n) is 5.27. The summed E-state index contributed by atoms with van der Waals surface area (Å²) >= 11 is 7.54. The van der Waals surface area contributed by atoms with Gasteiger partial charge in [0.1, 0.15) is 6.04 Å². The van der Waals surface area contributed by atoms with E-state index in [2.05, 4.69) is 10.1 Å². The molecule has 18 heavy (non-hydrogen) atoms. The van der Waals surface area contributed by atoms with E-state index in [1.54, 1.807) is 0 Å². The van der Waals surface area contributed by atoms with Crippen molar-refractivity contribution in [3.05, 3.63) is 41.0 Å². The summed E-state index contributed by atoms with van der Waals surface area (Å²) < 4.78 is 4.94. The second-order valence-electron chi connectivity index (χ2n) is 3.56. The SMILES string of the molecule is N[C@H](CO)c1nc(CSc2ccccc2Cl)no1. The first kappa shape index (κ1) is 13.4. The van der Waals surface area contributed by atoms with E-state index >= 15 is 0 Å². The Morgan fingerprint density at radius 2 is 2.22 bits per heavy atom. The maximum atomic E-state index is 8.87. The zero-order chi connectivity index (χ0) is 13.0. The molecule has 0 saturated carbocycles. The van der Waals surface area contributed by atoms with Gasteiger partial charge in [-0.3, -0.25) is 0 Å². The molecule has 0 saturated heterocycles. The fraction of sp³-hybridized carbons (Fsp3) is 0.273. The predicted molar refractivity (Wildman–Crippen MR) is 69.3 cm³/mol. The van der Waals surface area contributed by atoms with Crippen LogP contribution in [0.2, 0.25) is 5.02 Å². The number of hydrogen-bond donors (Lipinski definition) is 2. The average molecular weight is 286 g/mol. The number of nitrogens with two attached hydrogens (primary N) is 1. The standard InChI is InChI=1S/C11H12ClN3O2S/c12-7-3-1-2-4-9(7)18-6-10-14-11(17-15-10)8(13)5-16/h1-4,8,16H,5-6,13H2/t8-/m1/s1. The monoisotopic (exact) mass is 285 g/mol. The molecule has 0 unspecified atom stereocenters. The molecular weight excluding hydrogens is 274 g/mol. The molecule has 0 aliphatic carbocycles. The lowest BCUT2D eigenvalue weighted by Crippen LogP contribution is -2.14. The number of aliphatic hydroxyl groups excluding tert-OH is 1. The van der Waals surface area contributed by atoms with Gasteiger partial charge in [0.05, 0.1) is 17.4 Å². The van der Waals surface area contributed by atoms with E-state index in [9.17, 15) is 0 Å². The Bertz CT molecular complexity index is 520. The number of benzene rings is 1. The second-order valence-corrected chi connectivity index (χ2v) is 4.98. The van der Waals surface area contributed by atoms with Crippen molar-refractivity contribution < 1.29 is 9.63 Å². The molecule has 7 heteroatoms. The summed E-state index contributed by atoms with van der Waals surface area (Å²) in [6, 6.07) is 6.91. The van der Waals surface area contributed by atoms with Crippen LogP contribution in [0.1, 0.15) is 17.8 Å². The summed E-state index contributed by atoms with van der Waals surface area (Å²) in [6.45, 7) is -0.223. The van der Waals surface area contributed by atoms with Crippen molar-refractivity contribution in [2.24, 2.45) is 5.73 Å². The zero-order valence-corrected chi connectivity index (χ0v) is 11.0. The first-order chi connectivity index (χ1) is 8.70. The quantitative estimate of drug-likeness (QED) is 0.818. The largest absolute Gasteiger partial charge is 0.394 e. The molecule has 1 aromatic carbocycles. The van der Waals surface area contributed by atoms with E-state index in [0.717, 1.165) is 4.90 Å². The van der Waals surface area contributed by atoms with Gasteiger partial charge in [-0.05, 0) is 12.1 Å². The lowest BCUT2D eigenvalue weighted by atomic mass is 10.3. The first-order valence-corrected chi connectivity index (χ1v) is 6.63. The molecule has 3 N–H and O–H groups in total. The van der Waals surface area contributed by atoms with E-state index in [1.165, 1.54) is 11.8 Å². The van der Waals surface area contributed by atoms with Gasteiger partial charge in [0.15, 0.2) is 5.82 Å². The van der Waals surface area contributed by atoms with Crippen LogP contribution < -0.4 is 5.73 Å². The number of rotatable bonds is 5. The number of thioether (sulfide) groups is 1. The van der Waals surface area contributed by atoms with Crippen molar-refractivity contribution >= 4 is 23.4 Å². The fourth-order valence-corrected chi connectivity index (χ4v) is 2.34. The highest BCUT2D eigenvalue weighted by Gasteiger charge is 2.13. The smallest absolute Gasteiger partial charge is 0.245 e. The Morgan fingerprint density at radius 3 is 2.94 bits per heavy atom. The minimum Gasteiger partial charge on any atom is -0.394 e. The van der Waals surface area contributed by atoms with Gasteiger partial charge in [-0.15, -0.1) is 11.8 Å². The van der Waals surface area contributed by atoms with Crippen LogP contribution in [0.25, 0.3) is 0 Å². The van der Waals surface area contributed by atoms with Gasteiger partial charge in [-0.1, -0.05) is 28.9 Å². The minimum atomic E-state index is -0.628. The lowest BCUT2D eigenvalue weighted by molar-refractivity contribution is 0.236. The average Bonchev–Trinajstić information content (AvgIpc) is 2.86. The molecular formula is C11H12ClN3O2S. The van der Waals surface area contributed by atoms with Crippen LogP contribution in [0.5, 0.6) is 0 Å². The van der Waals surface area contributed by atoms with Gasteiger partial charge in [-0.2, -0.15) is 4.98 Å². The van der Waals surface area contributed by atoms with Crippen LogP contribution in [-0.4, -0.2) is 21.9 Å². The fourth-order valence-electron chi connectivity index (χ4n) is 1.26. The van der Waals surface area contributed by atoms with Gasteiger partial charge in [-0.25, -0.2) is 0 Å². The molecule has 0 fully saturated rings. The third kappa shape index (κ3) is 3.23. The Kier molecular flexibility index (Phi) is 4.60. The van der Waals surface area contributed by atoms with Crippen LogP contribution in [0, 0.1) is 0 Å². The number of hydrogen-bond acceptors (Lipinski definition) is 6. The number of nitrogens with zero attached hydrogens (tertiary/aromatic N) is 2. The highest BCUT2D eigenvalue weighted by Crippen LogP contribution is 2.28. The van der Waals surface area contributed by atoms with E-state index < -0.39 is 6.04 Å². The summed E-state index contributed by atoms with van der Waals surface area (Å²) in [4.78, 5) is 5.05. The molecule has 0 bridgehead atoms. The Hall–Kier alpha value is -1.08.